The molecule has 9 heteroatoms. The highest BCUT2D eigenvalue weighted by Crippen LogP contribution is 1.89. The fourth-order valence-corrected chi connectivity index (χ4v) is 7.83. The summed E-state index contributed by atoms with van der Waals surface area (Å²) in [4.78, 5) is 0. The van der Waals surface area contributed by atoms with Crippen LogP contribution >= 0.6 is 0 Å². The summed E-state index contributed by atoms with van der Waals surface area (Å²) >= 11 is 0. The van der Waals surface area contributed by atoms with E-state index in [1.807, 2.05) is 6.55 Å². The van der Waals surface area contributed by atoms with Crippen molar-refractivity contribution in [3.05, 3.63) is 0 Å². The molecule has 5 nitrogen and oxygen atoms in total. The van der Waals surface area contributed by atoms with Gasteiger partial charge in [-0.05, 0) is 6.55 Å². The third-order valence-corrected chi connectivity index (χ3v) is 8.45. The summed E-state index contributed by atoms with van der Waals surface area (Å²) in [5, 5.41) is 0. The Morgan fingerprint density at radius 2 is 1.50 bits per heavy atom. The average Bonchev–Trinajstić information content (AvgIpc) is 1.79. The molecule has 0 unspecified atom stereocenters. The van der Waals surface area contributed by atoms with Gasteiger partial charge in [-0.1, -0.05) is 0 Å². The standard InChI is InChI=1S/CH10O4Si4.H2O/c1-9-4-7-2-6-3-8-5-9;/h9H,6-8H2,1H3;1H2. The molecule has 0 aromatic carbocycles. The van der Waals surface area contributed by atoms with E-state index in [-0.39, 0.29) is 5.48 Å². The molecule has 1 aliphatic rings. The van der Waals surface area contributed by atoms with Crippen LogP contribution in [0.4, 0.5) is 0 Å². The van der Waals surface area contributed by atoms with E-state index in [1.165, 1.54) is 0 Å². The predicted octanol–water partition coefficient (Wildman–Crippen LogP) is -3.91. The van der Waals surface area contributed by atoms with Crippen molar-refractivity contribution in [3.8, 4) is 0 Å². The van der Waals surface area contributed by atoms with Gasteiger partial charge in [-0.3, -0.25) is 0 Å². The molecule has 62 valence electrons. The lowest BCUT2D eigenvalue weighted by Gasteiger charge is -2.16. The first kappa shape index (κ1) is 10.7. The minimum absolute atomic E-state index is 0. The van der Waals surface area contributed by atoms with Gasteiger partial charge < -0.3 is 21.9 Å². The summed E-state index contributed by atoms with van der Waals surface area (Å²) in [6.45, 7) is 2.01. The van der Waals surface area contributed by atoms with Gasteiger partial charge in [-0.15, -0.1) is 0 Å². The van der Waals surface area contributed by atoms with Crippen molar-refractivity contribution in [2.75, 3.05) is 0 Å². The third kappa shape index (κ3) is 4.48. The van der Waals surface area contributed by atoms with Crippen LogP contribution in [0.25, 0.3) is 0 Å². The molecule has 10 heavy (non-hydrogen) atoms. The fourth-order valence-electron chi connectivity index (χ4n) is 0.463. The van der Waals surface area contributed by atoms with E-state index >= 15 is 0 Å². The van der Waals surface area contributed by atoms with Crippen LogP contribution in [0.2, 0.25) is 6.55 Å². The van der Waals surface area contributed by atoms with Gasteiger partial charge in [0.15, 0.2) is 0 Å². The van der Waals surface area contributed by atoms with Crippen LogP contribution in [0.1, 0.15) is 0 Å². The van der Waals surface area contributed by atoms with E-state index in [2.05, 4.69) is 0 Å². The second kappa shape index (κ2) is 6.38. The zero-order valence-electron chi connectivity index (χ0n) is 5.83. The molecule has 1 aliphatic heterocycles. The number of hydrogen-bond acceptors (Lipinski definition) is 4. The Balaban J connectivity index is 0.000000810. The van der Waals surface area contributed by atoms with Gasteiger partial charge in [0.25, 0.3) is 39.3 Å². The van der Waals surface area contributed by atoms with Crippen LogP contribution in [-0.2, 0) is 16.5 Å². The van der Waals surface area contributed by atoms with Gasteiger partial charge in [-0.25, -0.2) is 0 Å². The van der Waals surface area contributed by atoms with Gasteiger partial charge in [0.05, 0.1) is 0 Å². The van der Waals surface area contributed by atoms with E-state index in [0.717, 1.165) is 0 Å². The van der Waals surface area contributed by atoms with Crippen LogP contribution in [-0.4, -0.2) is 44.8 Å². The van der Waals surface area contributed by atoms with Crippen LogP contribution in [0, 0.1) is 0 Å². The van der Waals surface area contributed by atoms with Crippen molar-refractivity contribution in [1.82, 2.24) is 0 Å². The van der Waals surface area contributed by atoms with Gasteiger partial charge >= 0.3 is 0 Å². The molecule has 1 rings (SSSR count). The molecular weight excluding hydrogens is 204 g/mol. The molecule has 0 aliphatic carbocycles. The zero-order chi connectivity index (χ0) is 6.53. The summed E-state index contributed by atoms with van der Waals surface area (Å²) in [6, 6.07) is 0. The smallest absolute Gasteiger partial charge is 0.299 e. The van der Waals surface area contributed by atoms with E-state index in [0.29, 0.717) is 0 Å². The first-order chi connectivity index (χ1) is 4.39. The summed E-state index contributed by atoms with van der Waals surface area (Å²) < 4.78 is 20.9. The zero-order valence-corrected chi connectivity index (χ0v) is 11.2. The van der Waals surface area contributed by atoms with E-state index in [9.17, 15) is 0 Å². The molecule has 0 aromatic rings. The normalized spacial score (nSPS) is 35.1. The minimum atomic E-state index is -1.27. The topological polar surface area (TPSA) is 68.4 Å². The number of rotatable bonds is 0. The first-order valence-electron chi connectivity index (χ1n) is 2.78. The van der Waals surface area contributed by atoms with E-state index in [4.69, 9.17) is 16.5 Å². The maximum atomic E-state index is 5.31. The van der Waals surface area contributed by atoms with Crippen molar-refractivity contribution in [1.29, 1.82) is 0 Å². The molecule has 0 bridgehead atoms. The van der Waals surface area contributed by atoms with Crippen LogP contribution in [0.5, 0.6) is 0 Å². The molecule has 1 fully saturated rings. The molecule has 0 aromatic heterocycles. The second-order valence-electron chi connectivity index (χ2n) is 1.66. The molecule has 2 N–H and O–H groups in total. The average molecular weight is 216 g/mol. The Bertz CT molecular complexity index is 72.0. The second-order valence-corrected chi connectivity index (χ2v) is 9.44. The summed E-state index contributed by atoms with van der Waals surface area (Å²) in [5.74, 6) is 0. The lowest BCUT2D eigenvalue weighted by atomic mass is 11.9. The Hall–Kier alpha value is 0.668. The molecule has 0 amide bonds. The summed E-state index contributed by atoms with van der Waals surface area (Å²) in [6.07, 6.45) is 0. The van der Waals surface area contributed by atoms with E-state index in [1.54, 1.807) is 0 Å². The molecule has 0 spiro atoms. The molecule has 1 heterocycles. The van der Waals surface area contributed by atoms with Crippen molar-refractivity contribution in [2.24, 2.45) is 0 Å². The lowest BCUT2D eigenvalue weighted by Crippen LogP contribution is -2.30. The molecule has 0 radical (unpaired) electrons. The summed E-state index contributed by atoms with van der Waals surface area (Å²) in [7, 11) is -3.35. The summed E-state index contributed by atoms with van der Waals surface area (Å²) in [5.41, 5.74) is 0. The first-order valence-corrected chi connectivity index (χ1v) is 8.34. The quantitative estimate of drug-likeness (QED) is 0.388. The number of hydrogen-bond donors (Lipinski definition) is 0. The highest BCUT2D eigenvalue weighted by Gasteiger charge is 2.08. The Kier molecular flexibility index (Phi) is 6.81. The fraction of sp³-hybridized carbons (Fsp3) is 1.00. The Morgan fingerprint density at radius 1 is 1.00 bits per heavy atom. The predicted molar refractivity (Wildman–Crippen MR) is 46.6 cm³/mol. The van der Waals surface area contributed by atoms with Crippen molar-refractivity contribution < 1.29 is 21.9 Å². The monoisotopic (exact) mass is 216 g/mol. The Morgan fingerprint density at radius 3 is 2.00 bits per heavy atom. The lowest BCUT2D eigenvalue weighted by molar-refractivity contribution is 0.333. The van der Waals surface area contributed by atoms with E-state index < -0.39 is 39.3 Å². The van der Waals surface area contributed by atoms with Crippen molar-refractivity contribution >= 4 is 39.3 Å². The SMILES string of the molecule is C[SiH]1O[SiH2]O[SiH2]O[SiH2]O1.O. The van der Waals surface area contributed by atoms with Crippen LogP contribution in [0.3, 0.4) is 0 Å². The van der Waals surface area contributed by atoms with Gasteiger partial charge in [0.1, 0.15) is 0 Å². The minimum Gasteiger partial charge on any atom is -0.425 e. The molecule has 0 atom stereocenters. The van der Waals surface area contributed by atoms with Crippen LogP contribution < -0.4 is 0 Å². The Labute approximate surface area is 68.4 Å². The van der Waals surface area contributed by atoms with Crippen LogP contribution in [0.15, 0.2) is 0 Å². The highest BCUT2D eigenvalue weighted by molar-refractivity contribution is 6.59. The largest absolute Gasteiger partial charge is 0.425 e. The molecular formula is CH12O5Si4. The maximum Gasteiger partial charge on any atom is 0.299 e. The molecule has 0 saturated carbocycles. The van der Waals surface area contributed by atoms with Gasteiger partial charge in [0.2, 0.25) is 0 Å². The van der Waals surface area contributed by atoms with Crippen molar-refractivity contribution in [3.63, 3.8) is 0 Å². The van der Waals surface area contributed by atoms with Crippen molar-refractivity contribution in [2.45, 2.75) is 6.55 Å². The van der Waals surface area contributed by atoms with Gasteiger partial charge in [-0.2, -0.15) is 0 Å². The van der Waals surface area contributed by atoms with Gasteiger partial charge in [0, 0.05) is 0 Å². The maximum absolute atomic E-state index is 5.31. The third-order valence-electron chi connectivity index (χ3n) is 0.939. The molecule has 1 saturated heterocycles. The highest BCUT2D eigenvalue weighted by atomic mass is 28.4.